The van der Waals surface area contributed by atoms with E-state index in [1.165, 1.54) is 37.2 Å². The summed E-state index contributed by atoms with van der Waals surface area (Å²) in [5.74, 6) is 1.03. The first kappa shape index (κ1) is 21.7. The van der Waals surface area contributed by atoms with Crippen LogP contribution in [0.3, 0.4) is 0 Å². The smallest absolute Gasteiger partial charge is 0.193 e. The number of benzene rings is 1. The number of piperazine rings is 1. The standard InChI is InChI=1S/C23H36ClN5O/c1-19-5-6-20(24)17-21(19)27-11-13-28(14-12-27)22(25-2)26-18-23(7-15-30-16-8-23)29-9-3-4-10-29/h5-6,17H,3-4,7-16,18H2,1-2H3,(H,25,26). The van der Waals surface area contributed by atoms with E-state index in [1.807, 2.05) is 13.1 Å². The molecule has 0 amide bonds. The van der Waals surface area contributed by atoms with Gasteiger partial charge in [-0.3, -0.25) is 9.89 Å². The van der Waals surface area contributed by atoms with Crippen molar-refractivity contribution in [3.63, 3.8) is 0 Å². The fraction of sp³-hybridized carbons (Fsp3) is 0.696. The lowest BCUT2D eigenvalue weighted by atomic mass is 9.88. The molecule has 0 bridgehead atoms. The van der Waals surface area contributed by atoms with E-state index >= 15 is 0 Å². The van der Waals surface area contributed by atoms with Gasteiger partial charge in [0.15, 0.2) is 5.96 Å². The number of likely N-dealkylation sites (tertiary alicyclic amines) is 1. The maximum absolute atomic E-state index is 6.24. The summed E-state index contributed by atoms with van der Waals surface area (Å²) in [4.78, 5) is 12.2. The summed E-state index contributed by atoms with van der Waals surface area (Å²) in [6.45, 7) is 11.2. The van der Waals surface area contributed by atoms with Crippen LogP contribution in [-0.2, 0) is 4.74 Å². The zero-order chi connectivity index (χ0) is 21.0. The Hall–Kier alpha value is -1.50. The number of aryl methyl sites for hydroxylation is 1. The summed E-state index contributed by atoms with van der Waals surface area (Å²) in [5.41, 5.74) is 2.74. The summed E-state index contributed by atoms with van der Waals surface area (Å²) < 4.78 is 5.70. The molecule has 0 unspecified atom stereocenters. The number of guanidine groups is 1. The normalized spacial score (nSPS) is 23.1. The van der Waals surface area contributed by atoms with E-state index in [9.17, 15) is 0 Å². The van der Waals surface area contributed by atoms with Gasteiger partial charge in [-0.05, 0) is 63.4 Å². The van der Waals surface area contributed by atoms with E-state index in [2.05, 4.69) is 44.1 Å². The van der Waals surface area contributed by atoms with Crippen molar-refractivity contribution in [3.05, 3.63) is 28.8 Å². The van der Waals surface area contributed by atoms with Crippen LogP contribution in [0.1, 0.15) is 31.2 Å². The fourth-order valence-corrected chi connectivity index (χ4v) is 5.37. The highest BCUT2D eigenvalue weighted by Crippen LogP contribution is 2.31. The highest BCUT2D eigenvalue weighted by atomic mass is 35.5. The molecule has 7 heteroatoms. The van der Waals surface area contributed by atoms with Gasteiger partial charge in [0.1, 0.15) is 0 Å². The van der Waals surface area contributed by atoms with Crippen LogP contribution in [0, 0.1) is 6.92 Å². The molecule has 1 aromatic carbocycles. The van der Waals surface area contributed by atoms with Crippen molar-refractivity contribution in [3.8, 4) is 0 Å². The Kier molecular flexibility index (Phi) is 7.06. The van der Waals surface area contributed by atoms with Gasteiger partial charge in [-0.25, -0.2) is 0 Å². The molecule has 3 saturated heterocycles. The van der Waals surface area contributed by atoms with E-state index in [-0.39, 0.29) is 5.54 Å². The van der Waals surface area contributed by atoms with Crippen molar-refractivity contribution in [2.75, 3.05) is 71.0 Å². The Labute approximate surface area is 186 Å². The van der Waals surface area contributed by atoms with Gasteiger partial charge in [0.25, 0.3) is 0 Å². The summed E-state index contributed by atoms with van der Waals surface area (Å²) >= 11 is 6.24. The van der Waals surface area contributed by atoms with Gasteiger partial charge in [0, 0.05) is 69.2 Å². The molecule has 1 N–H and O–H groups in total. The maximum Gasteiger partial charge on any atom is 0.193 e. The third-order valence-electron chi connectivity index (χ3n) is 7.08. The molecule has 3 aliphatic heterocycles. The quantitative estimate of drug-likeness (QED) is 0.584. The zero-order valence-electron chi connectivity index (χ0n) is 18.5. The third kappa shape index (κ3) is 4.71. The SMILES string of the molecule is CN=C(NCC1(N2CCCC2)CCOCC1)N1CCN(c2cc(Cl)ccc2C)CC1. The summed E-state index contributed by atoms with van der Waals surface area (Å²) in [5, 5.41) is 4.55. The van der Waals surface area contributed by atoms with Gasteiger partial charge in [-0.15, -0.1) is 0 Å². The van der Waals surface area contributed by atoms with Crippen molar-refractivity contribution in [1.82, 2.24) is 15.1 Å². The van der Waals surface area contributed by atoms with Crippen molar-refractivity contribution >= 4 is 23.2 Å². The average Bonchev–Trinajstić information content (AvgIpc) is 3.33. The first-order valence-corrected chi connectivity index (χ1v) is 11.8. The topological polar surface area (TPSA) is 43.3 Å². The second-order valence-corrected chi connectivity index (χ2v) is 9.27. The van der Waals surface area contributed by atoms with Crippen molar-refractivity contribution in [2.24, 2.45) is 4.99 Å². The lowest BCUT2D eigenvalue weighted by molar-refractivity contribution is -0.0166. The van der Waals surface area contributed by atoms with Gasteiger partial charge in [-0.1, -0.05) is 17.7 Å². The minimum Gasteiger partial charge on any atom is -0.381 e. The molecule has 3 fully saturated rings. The number of nitrogens with zero attached hydrogens (tertiary/aromatic N) is 4. The van der Waals surface area contributed by atoms with Crippen LogP contribution in [0.4, 0.5) is 5.69 Å². The Bertz CT molecular complexity index is 735. The van der Waals surface area contributed by atoms with Crippen molar-refractivity contribution < 1.29 is 4.74 Å². The van der Waals surface area contributed by atoms with Crippen LogP contribution in [0.5, 0.6) is 0 Å². The molecule has 166 valence electrons. The fourth-order valence-electron chi connectivity index (χ4n) is 5.21. The lowest BCUT2D eigenvalue weighted by Crippen LogP contribution is -2.60. The monoisotopic (exact) mass is 433 g/mol. The highest BCUT2D eigenvalue weighted by molar-refractivity contribution is 6.30. The number of nitrogens with one attached hydrogen (secondary N) is 1. The Morgan fingerprint density at radius 1 is 1.10 bits per heavy atom. The molecule has 6 nitrogen and oxygen atoms in total. The first-order chi connectivity index (χ1) is 14.6. The maximum atomic E-state index is 6.24. The third-order valence-corrected chi connectivity index (χ3v) is 7.31. The zero-order valence-corrected chi connectivity index (χ0v) is 19.3. The molecule has 0 aromatic heterocycles. The minimum absolute atomic E-state index is 0.213. The molecule has 30 heavy (non-hydrogen) atoms. The number of rotatable bonds is 4. The first-order valence-electron chi connectivity index (χ1n) is 11.4. The Morgan fingerprint density at radius 2 is 1.80 bits per heavy atom. The van der Waals surface area contributed by atoms with Gasteiger partial charge in [-0.2, -0.15) is 0 Å². The molecule has 0 atom stereocenters. The number of hydrogen-bond donors (Lipinski definition) is 1. The molecule has 3 heterocycles. The predicted octanol–water partition coefficient (Wildman–Crippen LogP) is 2.99. The van der Waals surface area contributed by atoms with Crippen LogP contribution < -0.4 is 10.2 Å². The van der Waals surface area contributed by atoms with Crippen LogP contribution in [0.2, 0.25) is 5.02 Å². The Morgan fingerprint density at radius 3 is 2.47 bits per heavy atom. The largest absolute Gasteiger partial charge is 0.381 e. The second-order valence-electron chi connectivity index (χ2n) is 8.84. The average molecular weight is 434 g/mol. The highest BCUT2D eigenvalue weighted by Gasteiger charge is 2.40. The molecular formula is C23H36ClN5O. The van der Waals surface area contributed by atoms with Crippen molar-refractivity contribution in [1.29, 1.82) is 0 Å². The number of ether oxygens (including phenoxy) is 1. The van der Waals surface area contributed by atoms with E-state index in [1.54, 1.807) is 0 Å². The molecule has 0 aliphatic carbocycles. The lowest BCUT2D eigenvalue weighted by Gasteiger charge is -2.46. The predicted molar refractivity (Wildman–Crippen MR) is 125 cm³/mol. The van der Waals surface area contributed by atoms with Gasteiger partial charge in [0.05, 0.1) is 0 Å². The number of aliphatic imine (C=N–C) groups is 1. The molecule has 0 spiro atoms. The molecule has 3 aliphatic rings. The molecule has 4 rings (SSSR count). The van der Waals surface area contributed by atoms with Crippen LogP contribution in [-0.4, -0.2) is 87.4 Å². The molecule has 1 aromatic rings. The van der Waals surface area contributed by atoms with E-state index in [0.29, 0.717) is 0 Å². The van der Waals surface area contributed by atoms with Gasteiger partial charge < -0.3 is 19.9 Å². The second kappa shape index (κ2) is 9.75. The van der Waals surface area contributed by atoms with Crippen LogP contribution in [0.25, 0.3) is 0 Å². The number of anilines is 1. The molecule has 0 radical (unpaired) electrons. The summed E-state index contributed by atoms with van der Waals surface area (Å²) in [6.07, 6.45) is 4.86. The number of hydrogen-bond acceptors (Lipinski definition) is 4. The van der Waals surface area contributed by atoms with E-state index < -0.39 is 0 Å². The van der Waals surface area contributed by atoms with Gasteiger partial charge >= 0.3 is 0 Å². The Balaban J connectivity index is 1.36. The van der Waals surface area contributed by atoms with E-state index in [0.717, 1.165) is 69.8 Å². The minimum atomic E-state index is 0.213. The van der Waals surface area contributed by atoms with Gasteiger partial charge in [0.2, 0.25) is 0 Å². The molecular weight excluding hydrogens is 398 g/mol. The summed E-state index contributed by atoms with van der Waals surface area (Å²) in [6, 6.07) is 6.16. The molecule has 0 saturated carbocycles. The summed E-state index contributed by atoms with van der Waals surface area (Å²) in [7, 11) is 1.91. The van der Waals surface area contributed by atoms with Crippen molar-refractivity contribution in [2.45, 2.75) is 38.1 Å². The number of halogens is 1. The van der Waals surface area contributed by atoms with Crippen LogP contribution >= 0.6 is 11.6 Å². The van der Waals surface area contributed by atoms with Crippen LogP contribution in [0.15, 0.2) is 23.2 Å². The van der Waals surface area contributed by atoms with E-state index in [4.69, 9.17) is 16.3 Å².